The lowest BCUT2D eigenvalue weighted by Gasteiger charge is -2.13. The Morgan fingerprint density at radius 1 is 1.10 bits per heavy atom. The van der Waals surface area contributed by atoms with Gasteiger partial charge in [-0.1, -0.05) is 12.1 Å². The van der Waals surface area contributed by atoms with Crippen molar-refractivity contribution < 1.29 is 9.13 Å². The molecule has 104 valence electrons. The third kappa shape index (κ3) is 2.80. The van der Waals surface area contributed by atoms with Crippen LogP contribution in [0.25, 0.3) is 11.1 Å². The predicted molar refractivity (Wildman–Crippen MR) is 76.1 cm³/mol. The van der Waals surface area contributed by atoms with Crippen molar-refractivity contribution in [3.05, 3.63) is 47.9 Å². The molecule has 0 saturated heterocycles. The van der Waals surface area contributed by atoms with E-state index in [1.807, 2.05) is 6.07 Å². The summed E-state index contributed by atoms with van der Waals surface area (Å²) in [6.07, 6.45) is 3.87. The number of rotatable bonds is 1. The highest BCUT2D eigenvalue weighted by molar-refractivity contribution is 5.68. The van der Waals surface area contributed by atoms with Crippen LogP contribution in [0.2, 0.25) is 0 Å². The second kappa shape index (κ2) is 6.01. The van der Waals surface area contributed by atoms with Crippen molar-refractivity contribution in [3.8, 4) is 17.0 Å². The van der Waals surface area contributed by atoms with E-state index < -0.39 is 0 Å². The number of nitrogens with zero attached hydrogens (tertiary/aromatic N) is 1. The van der Waals surface area contributed by atoms with Crippen LogP contribution in [-0.2, 0) is 6.54 Å². The monoisotopic (exact) mass is 272 g/mol. The summed E-state index contributed by atoms with van der Waals surface area (Å²) in [6, 6.07) is 8.49. The van der Waals surface area contributed by atoms with Gasteiger partial charge in [0.05, 0.1) is 6.61 Å². The van der Waals surface area contributed by atoms with Gasteiger partial charge in [0.15, 0.2) is 0 Å². The molecule has 4 heteroatoms. The zero-order valence-electron chi connectivity index (χ0n) is 11.2. The van der Waals surface area contributed by atoms with Crippen molar-refractivity contribution >= 4 is 0 Å². The van der Waals surface area contributed by atoms with Gasteiger partial charge < -0.3 is 10.1 Å². The SMILES string of the molecule is Fc1ccc(-c2ccnc3c2CNCCCCO3)cc1. The molecule has 0 radical (unpaired) electrons. The quantitative estimate of drug-likeness (QED) is 0.866. The molecule has 2 aromatic rings. The molecule has 0 unspecified atom stereocenters. The van der Waals surface area contributed by atoms with E-state index in [2.05, 4.69) is 10.3 Å². The highest BCUT2D eigenvalue weighted by Gasteiger charge is 2.13. The Morgan fingerprint density at radius 2 is 1.95 bits per heavy atom. The molecule has 0 fully saturated rings. The lowest BCUT2D eigenvalue weighted by atomic mass is 10.0. The molecule has 3 rings (SSSR count). The molecule has 0 bridgehead atoms. The van der Waals surface area contributed by atoms with Crippen LogP contribution in [0.3, 0.4) is 0 Å². The lowest BCUT2D eigenvalue weighted by Crippen LogP contribution is -2.15. The van der Waals surface area contributed by atoms with Gasteiger partial charge in [0, 0.05) is 18.3 Å². The molecule has 1 N–H and O–H groups in total. The van der Waals surface area contributed by atoms with Crippen molar-refractivity contribution in [2.45, 2.75) is 19.4 Å². The highest BCUT2D eigenvalue weighted by Crippen LogP contribution is 2.29. The largest absolute Gasteiger partial charge is 0.477 e. The Balaban J connectivity index is 2.02. The molecule has 3 nitrogen and oxygen atoms in total. The van der Waals surface area contributed by atoms with E-state index in [9.17, 15) is 4.39 Å². The second-order valence-corrected chi connectivity index (χ2v) is 4.88. The van der Waals surface area contributed by atoms with Crippen LogP contribution in [0.4, 0.5) is 4.39 Å². The van der Waals surface area contributed by atoms with E-state index in [4.69, 9.17) is 4.74 Å². The standard InChI is InChI=1S/C16H17FN2O/c17-13-5-3-12(4-6-13)14-7-9-19-16-15(14)11-18-8-1-2-10-20-16/h3-7,9,18H,1-2,8,10-11H2. The Labute approximate surface area is 117 Å². The molecule has 2 heterocycles. The molecule has 1 aromatic heterocycles. The molecule has 1 aromatic carbocycles. The highest BCUT2D eigenvalue weighted by atomic mass is 19.1. The first-order valence-electron chi connectivity index (χ1n) is 6.92. The van der Waals surface area contributed by atoms with E-state index in [0.29, 0.717) is 12.5 Å². The minimum atomic E-state index is -0.225. The van der Waals surface area contributed by atoms with Crippen molar-refractivity contribution in [2.24, 2.45) is 0 Å². The van der Waals surface area contributed by atoms with Crippen LogP contribution in [-0.4, -0.2) is 18.1 Å². The molecule has 0 saturated carbocycles. The summed E-state index contributed by atoms with van der Waals surface area (Å²) in [6.45, 7) is 2.38. The van der Waals surface area contributed by atoms with Gasteiger partial charge in [-0.15, -0.1) is 0 Å². The average molecular weight is 272 g/mol. The Kier molecular flexibility index (Phi) is 3.92. The van der Waals surface area contributed by atoms with Gasteiger partial charge in [-0.05, 0) is 48.7 Å². The molecule has 0 amide bonds. The Bertz CT molecular complexity index is 584. The number of hydrogen-bond acceptors (Lipinski definition) is 3. The Morgan fingerprint density at radius 3 is 2.80 bits per heavy atom. The van der Waals surface area contributed by atoms with Gasteiger partial charge in [-0.2, -0.15) is 0 Å². The second-order valence-electron chi connectivity index (χ2n) is 4.88. The number of benzene rings is 1. The van der Waals surface area contributed by atoms with Gasteiger partial charge in [-0.25, -0.2) is 9.37 Å². The Hall–Kier alpha value is -1.94. The fourth-order valence-corrected chi connectivity index (χ4v) is 2.40. The maximum atomic E-state index is 13.1. The van der Waals surface area contributed by atoms with Crippen LogP contribution in [0.15, 0.2) is 36.5 Å². The van der Waals surface area contributed by atoms with Crippen LogP contribution in [0, 0.1) is 5.82 Å². The van der Waals surface area contributed by atoms with Crippen molar-refractivity contribution in [1.82, 2.24) is 10.3 Å². The minimum absolute atomic E-state index is 0.225. The van der Waals surface area contributed by atoms with Crippen LogP contribution in [0.5, 0.6) is 5.88 Å². The number of hydrogen-bond donors (Lipinski definition) is 1. The topological polar surface area (TPSA) is 34.2 Å². The van der Waals surface area contributed by atoms with E-state index in [0.717, 1.165) is 42.6 Å². The third-order valence-electron chi connectivity index (χ3n) is 3.46. The van der Waals surface area contributed by atoms with E-state index >= 15 is 0 Å². The van der Waals surface area contributed by atoms with Gasteiger partial charge in [-0.3, -0.25) is 0 Å². The first-order chi connectivity index (χ1) is 9.84. The number of nitrogens with one attached hydrogen (secondary N) is 1. The number of aromatic nitrogens is 1. The van der Waals surface area contributed by atoms with Crippen molar-refractivity contribution in [1.29, 1.82) is 0 Å². The van der Waals surface area contributed by atoms with Gasteiger partial charge in [0.1, 0.15) is 5.82 Å². The fourth-order valence-electron chi connectivity index (χ4n) is 2.40. The molecule has 20 heavy (non-hydrogen) atoms. The predicted octanol–water partition coefficient (Wildman–Crippen LogP) is 3.15. The molecule has 1 aliphatic heterocycles. The first kappa shape index (κ1) is 13.1. The van der Waals surface area contributed by atoms with E-state index in [1.54, 1.807) is 18.3 Å². The fraction of sp³-hybridized carbons (Fsp3) is 0.312. The van der Waals surface area contributed by atoms with Gasteiger partial charge in [0.2, 0.25) is 5.88 Å². The average Bonchev–Trinajstić information content (AvgIpc) is 2.59. The summed E-state index contributed by atoms with van der Waals surface area (Å²) in [4.78, 5) is 4.33. The normalized spacial score (nSPS) is 15.4. The molecule has 0 atom stereocenters. The summed E-state index contributed by atoms with van der Waals surface area (Å²) in [5, 5.41) is 3.41. The molecule has 0 spiro atoms. The van der Waals surface area contributed by atoms with Crippen molar-refractivity contribution in [2.75, 3.05) is 13.2 Å². The van der Waals surface area contributed by atoms with Gasteiger partial charge in [0.25, 0.3) is 0 Å². The lowest BCUT2D eigenvalue weighted by molar-refractivity contribution is 0.296. The number of fused-ring (bicyclic) bond motifs is 1. The molecular weight excluding hydrogens is 255 g/mol. The maximum Gasteiger partial charge on any atom is 0.218 e. The number of halogens is 1. The summed E-state index contributed by atoms with van der Waals surface area (Å²) in [7, 11) is 0. The third-order valence-corrected chi connectivity index (χ3v) is 3.46. The van der Waals surface area contributed by atoms with E-state index in [1.165, 1.54) is 12.1 Å². The molecular formula is C16H17FN2O. The first-order valence-corrected chi connectivity index (χ1v) is 6.92. The minimum Gasteiger partial charge on any atom is -0.477 e. The van der Waals surface area contributed by atoms with Crippen LogP contribution >= 0.6 is 0 Å². The summed E-state index contributed by atoms with van der Waals surface area (Å²) in [5.74, 6) is 0.457. The summed E-state index contributed by atoms with van der Waals surface area (Å²) in [5.41, 5.74) is 3.07. The zero-order chi connectivity index (χ0) is 13.8. The van der Waals surface area contributed by atoms with Crippen LogP contribution in [0.1, 0.15) is 18.4 Å². The summed E-state index contributed by atoms with van der Waals surface area (Å²) < 4.78 is 18.8. The number of pyridine rings is 1. The maximum absolute atomic E-state index is 13.1. The van der Waals surface area contributed by atoms with Crippen molar-refractivity contribution in [3.63, 3.8) is 0 Å². The summed E-state index contributed by atoms with van der Waals surface area (Å²) >= 11 is 0. The molecule has 1 aliphatic rings. The smallest absolute Gasteiger partial charge is 0.218 e. The van der Waals surface area contributed by atoms with Gasteiger partial charge >= 0.3 is 0 Å². The zero-order valence-corrected chi connectivity index (χ0v) is 11.2. The molecule has 0 aliphatic carbocycles. The van der Waals surface area contributed by atoms with Crippen LogP contribution < -0.4 is 10.1 Å². The van der Waals surface area contributed by atoms with E-state index in [-0.39, 0.29) is 5.82 Å². The number of ether oxygens (including phenoxy) is 1.